The van der Waals surface area contributed by atoms with Gasteiger partial charge in [0.05, 0.1) is 24.3 Å². The predicted octanol–water partition coefficient (Wildman–Crippen LogP) is 6.29. The average Bonchev–Trinajstić information content (AvgIpc) is 1.72. The van der Waals surface area contributed by atoms with E-state index in [9.17, 15) is 55.4 Å². The van der Waals surface area contributed by atoms with E-state index >= 15 is 32.8 Å². The molecule has 31 heteroatoms. The minimum absolute atomic E-state index is 0.00639. The Hall–Kier alpha value is -7.54. The monoisotopic (exact) mass is 1470 g/mol. The van der Waals surface area contributed by atoms with E-state index in [0.29, 0.717) is 44.2 Å². The molecule has 10 amide bonds. The van der Waals surface area contributed by atoms with Gasteiger partial charge in [-0.25, -0.2) is 8.78 Å². The van der Waals surface area contributed by atoms with E-state index in [2.05, 4.69) is 16.0 Å². The smallest absolute Gasteiger partial charge is 0.377 e. The Balaban J connectivity index is 1.31. The highest BCUT2D eigenvalue weighted by molar-refractivity contribution is 5.99. The molecule has 2 unspecified atom stereocenters. The second-order valence-electron chi connectivity index (χ2n) is 29.3. The number of aryl methyl sites for hydroxylation is 1. The van der Waals surface area contributed by atoms with Gasteiger partial charge >= 0.3 is 12.4 Å². The van der Waals surface area contributed by atoms with Crippen molar-refractivity contribution >= 4 is 59.1 Å². The first-order chi connectivity index (χ1) is 48.2. The fourth-order valence-corrected chi connectivity index (χ4v) is 15.0. The molecule has 1 spiro atoms. The van der Waals surface area contributed by atoms with Crippen molar-refractivity contribution in [1.82, 2.24) is 55.1 Å². The zero-order valence-electron chi connectivity index (χ0n) is 61.2. The summed E-state index contributed by atoms with van der Waals surface area (Å²) in [7, 11) is 8.26. The van der Waals surface area contributed by atoms with Crippen LogP contribution in [0.5, 0.6) is 0 Å². The van der Waals surface area contributed by atoms with Gasteiger partial charge in [-0.05, 0) is 125 Å². The van der Waals surface area contributed by atoms with Crippen molar-refractivity contribution in [2.75, 3.05) is 68.5 Å². The van der Waals surface area contributed by atoms with E-state index in [1.54, 1.807) is 27.7 Å². The third kappa shape index (κ3) is 19.3. The number of amides is 10. The number of aliphatic hydroxyl groups excluding tert-OH is 1. The Morgan fingerprint density at radius 1 is 0.650 bits per heavy atom. The van der Waals surface area contributed by atoms with Crippen LogP contribution in [0.2, 0.25) is 0 Å². The van der Waals surface area contributed by atoms with E-state index in [1.807, 2.05) is 13.8 Å². The van der Waals surface area contributed by atoms with Crippen LogP contribution in [0.15, 0.2) is 36.4 Å². The average molecular weight is 1470 g/mol. The summed E-state index contributed by atoms with van der Waals surface area (Å²) in [5.41, 5.74) is -5.04. The molecule has 3 heterocycles. The van der Waals surface area contributed by atoms with Crippen LogP contribution < -0.4 is 16.0 Å². The summed E-state index contributed by atoms with van der Waals surface area (Å²) in [6, 6.07) is -6.88. The summed E-state index contributed by atoms with van der Waals surface area (Å²) < 4.78 is 119. The minimum atomic E-state index is -5.43. The molecular weight excluding hydrogens is 1360 g/mol. The van der Waals surface area contributed by atoms with Crippen LogP contribution >= 0.6 is 0 Å². The number of aliphatic hydroxyl groups is 1. The molecule has 2 aromatic rings. The molecule has 103 heavy (non-hydrogen) atoms. The quantitative estimate of drug-likeness (QED) is 0.171. The maximum absolute atomic E-state index is 15.5. The molecule has 0 radical (unpaired) electrons. The standard InChI is InChI=1S/C72H103F8N11O12/c1-14-41(5)59-67(100)86(10)43(7)63(96)90-31-28-52(90)66(99)88(12)55(36-44-22-25-47(26-23-44)71(75,76)77)65(98)84(8)39-56(92)81-51(27-24-45-34-49(73)58(50(74)35-45)72(78,79)80)64(97)91-38-48(103-15-2)37-54(91)62(95)83-70(29-18-19-30-70)69(102)89(13)60(46-20-16-17-21-46)68(101)85(9)42(6)33-57(93)87(11)53(32-40(3)4)61(94)82-59/h22-23,25-26,34-35,40-43,46,48,51-56,59-60,81,92H,14-21,24,27-33,36-39H2,1-13H3,(H,82,94)(H,83,95)/t41?,42-,43+,48-,51+,52+,53+,54+,55+,56?,59+,60+/m1/s1. The number of hydrogen-bond donors (Lipinski definition) is 4. The summed E-state index contributed by atoms with van der Waals surface area (Å²) in [5, 5.41) is 20.6. The molecule has 4 N–H and O–H groups in total. The van der Waals surface area contributed by atoms with Crippen molar-refractivity contribution in [3.05, 3.63) is 70.3 Å². The summed E-state index contributed by atoms with van der Waals surface area (Å²) in [6.07, 6.45) is -10.6. The number of alkyl halides is 6. The lowest BCUT2D eigenvalue weighted by Crippen LogP contribution is -2.65. The van der Waals surface area contributed by atoms with Crippen LogP contribution in [0.3, 0.4) is 0 Å². The molecule has 574 valence electrons. The number of ether oxygens (including phenoxy) is 1. The summed E-state index contributed by atoms with van der Waals surface area (Å²) in [4.78, 5) is 159. The summed E-state index contributed by atoms with van der Waals surface area (Å²) >= 11 is 0. The van der Waals surface area contributed by atoms with Gasteiger partial charge in [-0.3, -0.25) is 53.3 Å². The number of β-amino-alcohol motifs (C(OH)–C–C–N with tert-alkyl or cyclic N) is 1. The Bertz CT molecular complexity index is 3370. The normalized spacial score (nSPS) is 28.0. The van der Waals surface area contributed by atoms with Crippen LogP contribution in [0.1, 0.15) is 161 Å². The lowest BCUT2D eigenvalue weighted by molar-refractivity contribution is -0.160. The highest BCUT2D eigenvalue weighted by Crippen LogP contribution is 2.39. The number of halogens is 8. The SMILES string of the molecule is CCO[C@@H]1C[C@H]2C(=O)NC3(CCCC3)C(=O)N(C)[C@@H](C3CCCC3)C(=O)N(C)[C@H](C)CC(=O)N(C)[C@@H](CC(C)C)C(=O)N[C@@H](C(C)CC)C(=O)N(C)[C@@H](C)C(=O)N3CC[C@H]3C(=O)N(C)[C@@H](Cc3ccc(C(F)(F)F)cc3)C(=O)N(C)CC(O)N[C@@H](CCc3cc(F)c(C(F)(F)F)c(F)c3)C(=O)N2C1. The Morgan fingerprint density at radius 2 is 1.26 bits per heavy atom. The molecule has 2 saturated carbocycles. The Kier molecular flexibility index (Phi) is 27.8. The van der Waals surface area contributed by atoms with Gasteiger partial charge in [-0.1, -0.05) is 71.9 Å². The Morgan fingerprint density at radius 3 is 1.81 bits per heavy atom. The minimum Gasteiger partial charge on any atom is -0.377 e. The van der Waals surface area contributed by atoms with Crippen LogP contribution in [0.4, 0.5) is 35.1 Å². The lowest BCUT2D eigenvalue weighted by atomic mass is 9.90. The third-order valence-electron chi connectivity index (χ3n) is 21.7. The number of carbonyl (C=O) groups is 10. The van der Waals surface area contributed by atoms with Gasteiger partial charge in [0.1, 0.15) is 71.3 Å². The number of fused-ring (bicyclic) bond motifs is 2. The first-order valence-electron chi connectivity index (χ1n) is 35.8. The molecule has 5 aliphatic rings. The van der Waals surface area contributed by atoms with Crippen molar-refractivity contribution in [1.29, 1.82) is 0 Å². The number of likely N-dealkylation sites (N-methyl/N-ethyl adjacent to an activating group) is 6. The molecule has 0 aromatic heterocycles. The van der Waals surface area contributed by atoms with E-state index in [-0.39, 0.29) is 81.2 Å². The number of nitrogens with zero attached hydrogens (tertiary/aromatic N) is 8. The molecule has 0 bridgehead atoms. The van der Waals surface area contributed by atoms with Gasteiger partial charge in [-0.2, -0.15) is 26.3 Å². The molecule has 23 nitrogen and oxygen atoms in total. The zero-order chi connectivity index (χ0) is 76.7. The zero-order valence-corrected chi connectivity index (χ0v) is 61.2. The van der Waals surface area contributed by atoms with E-state index in [4.69, 9.17) is 4.74 Å². The highest BCUT2D eigenvalue weighted by atomic mass is 19.4. The third-order valence-corrected chi connectivity index (χ3v) is 21.7. The molecule has 2 aliphatic carbocycles. The molecule has 12 atom stereocenters. The van der Waals surface area contributed by atoms with Crippen molar-refractivity contribution in [3.8, 4) is 0 Å². The van der Waals surface area contributed by atoms with Crippen molar-refractivity contribution < 1.29 is 92.9 Å². The van der Waals surface area contributed by atoms with Crippen molar-refractivity contribution in [3.63, 3.8) is 0 Å². The van der Waals surface area contributed by atoms with E-state index in [1.165, 1.54) is 68.8 Å². The van der Waals surface area contributed by atoms with Crippen LogP contribution in [-0.4, -0.2) is 244 Å². The number of hydrogen-bond acceptors (Lipinski definition) is 13. The van der Waals surface area contributed by atoms with E-state index < -0.39 is 198 Å². The largest absolute Gasteiger partial charge is 0.422 e. The van der Waals surface area contributed by atoms with Gasteiger partial charge in [0.2, 0.25) is 59.1 Å². The highest BCUT2D eigenvalue weighted by Gasteiger charge is 2.53. The predicted molar refractivity (Wildman–Crippen MR) is 362 cm³/mol. The molecule has 3 saturated heterocycles. The summed E-state index contributed by atoms with van der Waals surface area (Å²) in [6.45, 7) is 11.1. The molecular formula is C72H103F8N11O12. The second-order valence-corrected chi connectivity index (χ2v) is 29.3. The van der Waals surface area contributed by atoms with Gasteiger partial charge in [0.15, 0.2) is 0 Å². The lowest BCUT2D eigenvalue weighted by Gasteiger charge is -2.45. The molecule has 5 fully saturated rings. The number of benzene rings is 2. The van der Waals surface area contributed by atoms with Crippen LogP contribution in [0, 0.1) is 29.4 Å². The second kappa shape index (κ2) is 34.6. The van der Waals surface area contributed by atoms with Gasteiger partial charge in [0.25, 0.3) is 0 Å². The topological polar surface area (TPSA) is 262 Å². The molecule has 7 rings (SSSR count). The fourth-order valence-electron chi connectivity index (χ4n) is 15.0. The summed E-state index contributed by atoms with van der Waals surface area (Å²) in [5.74, 6) is -12.1. The fraction of sp³-hybridized carbons (Fsp3) is 0.694. The first-order valence-corrected chi connectivity index (χ1v) is 35.8. The molecule has 2 aromatic carbocycles. The Labute approximate surface area is 597 Å². The molecule has 3 aliphatic heterocycles. The van der Waals surface area contributed by atoms with Gasteiger partial charge in [0, 0.05) is 87.3 Å². The first kappa shape index (κ1) is 82.7. The van der Waals surface area contributed by atoms with Gasteiger partial charge in [-0.15, -0.1) is 0 Å². The number of carbonyl (C=O) groups excluding carboxylic acids is 10. The maximum Gasteiger partial charge on any atom is 0.422 e. The van der Waals surface area contributed by atoms with Crippen LogP contribution in [-0.2, 0) is 77.9 Å². The number of nitrogens with one attached hydrogen (secondary N) is 3. The maximum atomic E-state index is 15.5. The van der Waals surface area contributed by atoms with Gasteiger partial charge < -0.3 is 59.7 Å². The van der Waals surface area contributed by atoms with Crippen molar-refractivity contribution in [2.45, 2.75) is 236 Å². The number of rotatable bonds is 12. The van der Waals surface area contributed by atoms with Crippen LogP contribution in [0.25, 0.3) is 0 Å². The van der Waals surface area contributed by atoms with E-state index in [0.717, 1.165) is 56.7 Å². The van der Waals surface area contributed by atoms with Crippen molar-refractivity contribution in [2.24, 2.45) is 17.8 Å².